The van der Waals surface area contributed by atoms with Crippen LogP contribution in [-0.2, 0) is 4.79 Å². The van der Waals surface area contributed by atoms with Crippen LogP contribution in [0.2, 0.25) is 0 Å². The zero-order valence-electron chi connectivity index (χ0n) is 3.72. The van der Waals surface area contributed by atoms with Gasteiger partial charge in [0.25, 0.3) is 0 Å². The molecule has 0 saturated heterocycles. The largest absolute Gasteiger partial charge is 0.300 e. The second-order valence-electron chi connectivity index (χ2n) is 0.908. The van der Waals surface area contributed by atoms with E-state index in [0.717, 1.165) is 0 Å². The molecule has 0 rings (SSSR count). The van der Waals surface area contributed by atoms with Crippen LogP contribution in [0.1, 0.15) is 21.3 Å². The van der Waals surface area contributed by atoms with Crippen molar-refractivity contribution in [2.75, 3.05) is 0 Å². The Morgan fingerprint density at radius 1 is 1.14 bits per heavy atom. The minimum atomic E-state index is 0. The molecule has 0 aromatic carbocycles. The summed E-state index contributed by atoms with van der Waals surface area (Å²) >= 11 is 0. The van der Waals surface area contributed by atoms with Crippen LogP contribution in [0.5, 0.6) is 0 Å². The fourth-order valence-electron chi connectivity index (χ4n) is 0. The predicted octanol–water partition coefficient (Wildman–Crippen LogP) is 2.08. The molecular weight excluding hydrogens is 135 g/mol. The van der Waals surface area contributed by atoms with Gasteiger partial charge in [0.05, 0.1) is 0 Å². The van der Waals surface area contributed by atoms with E-state index in [4.69, 9.17) is 0 Å². The van der Waals surface area contributed by atoms with Gasteiger partial charge in [-0.1, -0.05) is 7.43 Å². The van der Waals surface area contributed by atoms with E-state index in [2.05, 4.69) is 0 Å². The van der Waals surface area contributed by atoms with Crippen LogP contribution in [0.25, 0.3) is 0 Å². The van der Waals surface area contributed by atoms with E-state index < -0.39 is 0 Å². The molecular formula is C4H12Cl2O. The molecule has 0 aromatic heterocycles. The van der Waals surface area contributed by atoms with Crippen LogP contribution in [0.15, 0.2) is 0 Å². The first-order valence-corrected chi connectivity index (χ1v) is 1.20. The number of carbonyl (C=O) groups excluding carboxylic acids is 1. The van der Waals surface area contributed by atoms with Crippen LogP contribution in [0.4, 0.5) is 0 Å². The van der Waals surface area contributed by atoms with E-state index >= 15 is 0 Å². The second-order valence-corrected chi connectivity index (χ2v) is 0.908. The van der Waals surface area contributed by atoms with Crippen molar-refractivity contribution in [1.82, 2.24) is 0 Å². The van der Waals surface area contributed by atoms with E-state index in [-0.39, 0.29) is 38.0 Å². The number of hydrogen-bond acceptors (Lipinski definition) is 1. The summed E-state index contributed by atoms with van der Waals surface area (Å²) in [5.74, 6) is 0.167. The number of carbonyl (C=O) groups is 1. The van der Waals surface area contributed by atoms with Gasteiger partial charge in [-0.25, -0.2) is 0 Å². The molecule has 0 aliphatic heterocycles. The van der Waals surface area contributed by atoms with Crippen molar-refractivity contribution in [3.63, 3.8) is 0 Å². The predicted molar refractivity (Wildman–Crippen MR) is 37.6 cm³/mol. The summed E-state index contributed by atoms with van der Waals surface area (Å²) < 4.78 is 0. The molecule has 0 bridgehead atoms. The molecule has 0 unspecified atom stereocenters. The van der Waals surface area contributed by atoms with Crippen molar-refractivity contribution in [3.05, 3.63) is 0 Å². The van der Waals surface area contributed by atoms with Gasteiger partial charge in [0.2, 0.25) is 0 Å². The quantitative estimate of drug-likeness (QED) is 0.512. The van der Waals surface area contributed by atoms with Crippen LogP contribution in [0, 0.1) is 0 Å². The molecule has 0 N–H and O–H groups in total. The van der Waals surface area contributed by atoms with Crippen molar-refractivity contribution in [3.8, 4) is 0 Å². The SMILES string of the molecule is C.CC(C)=O.Cl.Cl. The Morgan fingerprint density at radius 2 is 1.14 bits per heavy atom. The van der Waals surface area contributed by atoms with Crippen LogP contribution in [-0.4, -0.2) is 5.78 Å². The van der Waals surface area contributed by atoms with Crippen molar-refractivity contribution in [1.29, 1.82) is 0 Å². The van der Waals surface area contributed by atoms with Crippen LogP contribution >= 0.6 is 24.8 Å². The second kappa shape index (κ2) is 16.3. The molecule has 0 radical (unpaired) electrons. The molecule has 3 heteroatoms. The first-order valence-electron chi connectivity index (χ1n) is 1.20. The standard InChI is InChI=1S/C3H6O.CH4.2ClH/c1-3(2)4;;;/h1-2H3;1H4;2*1H. The summed E-state index contributed by atoms with van der Waals surface area (Å²) in [4.78, 5) is 9.44. The normalized spacial score (nSPS) is 3.71. The van der Waals surface area contributed by atoms with Crippen LogP contribution in [0.3, 0.4) is 0 Å². The van der Waals surface area contributed by atoms with Gasteiger partial charge in [-0.3, -0.25) is 0 Å². The first-order chi connectivity index (χ1) is 1.73. The van der Waals surface area contributed by atoms with E-state index in [1.54, 1.807) is 0 Å². The molecule has 48 valence electrons. The molecule has 0 heterocycles. The van der Waals surface area contributed by atoms with Gasteiger partial charge in [0.1, 0.15) is 5.78 Å². The van der Waals surface area contributed by atoms with Gasteiger partial charge in [-0.05, 0) is 13.8 Å². The summed E-state index contributed by atoms with van der Waals surface area (Å²) in [6.07, 6.45) is 0. The highest BCUT2D eigenvalue weighted by atomic mass is 35.5. The highest BCUT2D eigenvalue weighted by Gasteiger charge is 1.62. The third-order valence-corrected chi connectivity index (χ3v) is 0. The lowest BCUT2D eigenvalue weighted by molar-refractivity contribution is -0.114. The number of Topliss-reactive ketones (excluding diaryl/α,β-unsaturated/α-hetero) is 1. The lowest BCUT2D eigenvalue weighted by Crippen LogP contribution is -1.69. The molecule has 0 aromatic rings. The van der Waals surface area contributed by atoms with Gasteiger partial charge in [0.15, 0.2) is 0 Å². The van der Waals surface area contributed by atoms with E-state index in [1.807, 2.05) is 0 Å². The first kappa shape index (κ1) is 26.8. The number of ketones is 1. The summed E-state index contributed by atoms with van der Waals surface area (Å²) in [6, 6.07) is 0. The fraction of sp³-hybridized carbons (Fsp3) is 0.750. The van der Waals surface area contributed by atoms with Crippen molar-refractivity contribution in [2.45, 2.75) is 21.3 Å². The van der Waals surface area contributed by atoms with Gasteiger partial charge in [-0.15, -0.1) is 24.8 Å². The topological polar surface area (TPSA) is 17.1 Å². The Labute approximate surface area is 57.3 Å². The Morgan fingerprint density at radius 3 is 1.14 bits per heavy atom. The third kappa shape index (κ3) is 1810. The Hall–Kier alpha value is 0.250. The zero-order valence-corrected chi connectivity index (χ0v) is 5.36. The molecule has 1 nitrogen and oxygen atoms in total. The average Bonchev–Trinajstić information content (AvgIpc) is 0.811. The monoisotopic (exact) mass is 146 g/mol. The van der Waals surface area contributed by atoms with Gasteiger partial charge >= 0.3 is 0 Å². The molecule has 0 fully saturated rings. The van der Waals surface area contributed by atoms with E-state index in [0.29, 0.717) is 0 Å². The molecule has 0 aliphatic rings. The van der Waals surface area contributed by atoms with E-state index in [9.17, 15) is 4.79 Å². The summed E-state index contributed by atoms with van der Waals surface area (Å²) in [5, 5.41) is 0. The lowest BCUT2D eigenvalue weighted by atomic mass is 10.6. The van der Waals surface area contributed by atoms with E-state index in [1.165, 1.54) is 13.8 Å². The number of halogens is 2. The Bertz CT molecular complexity index is 32.7. The molecule has 0 atom stereocenters. The Balaban J connectivity index is -0.0000000150. The van der Waals surface area contributed by atoms with Gasteiger partial charge < -0.3 is 4.79 Å². The van der Waals surface area contributed by atoms with Gasteiger partial charge in [0, 0.05) is 0 Å². The number of rotatable bonds is 0. The van der Waals surface area contributed by atoms with Gasteiger partial charge in [-0.2, -0.15) is 0 Å². The maximum absolute atomic E-state index is 9.44. The third-order valence-electron chi connectivity index (χ3n) is 0. The minimum absolute atomic E-state index is 0. The highest BCUT2D eigenvalue weighted by molar-refractivity contribution is 5.85. The van der Waals surface area contributed by atoms with Crippen LogP contribution < -0.4 is 0 Å². The van der Waals surface area contributed by atoms with Crippen molar-refractivity contribution < 1.29 is 4.79 Å². The van der Waals surface area contributed by atoms with Crippen molar-refractivity contribution in [2.24, 2.45) is 0 Å². The zero-order chi connectivity index (χ0) is 3.58. The highest BCUT2D eigenvalue weighted by Crippen LogP contribution is 1.50. The van der Waals surface area contributed by atoms with Crippen molar-refractivity contribution >= 4 is 30.6 Å². The molecule has 7 heavy (non-hydrogen) atoms. The lowest BCUT2D eigenvalue weighted by Gasteiger charge is -1.56. The minimum Gasteiger partial charge on any atom is -0.300 e. The smallest absolute Gasteiger partial charge is 0.126 e. The summed E-state index contributed by atoms with van der Waals surface area (Å²) in [7, 11) is 0. The summed E-state index contributed by atoms with van der Waals surface area (Å²) in [5.41, 5.74) is 0. The maximum atomic E-state index is 9.44. The summed E-state index contributed by atoms with van der Waals surface area (Å²) in [6.45, 7) is 3.06. The molecule has 0 saturated carbocycles. The molecule has 0 aliphatic carbocycles. The Kier molecular flexibility index (Phi) is 62.5. The molecule has 0 amide bonds. The maximum Gasteiger partial charge on any atom is 0.126 e. The molecule has 0 spiro atoms. The number of hydrogen-bond donors (Lipinski definition) is 0. The average molecular weight is 147 g/mol. The fourth-order valence-corrected chi connectivity index (χ4v) is 0.